The SMILES string of the molecule is O=[PH2]NCC(=O)O. The zero-order chi connectivity index (χ0) is 5.70. The first-order valence-corrected chi connectivity index (χ1v) is 2.71. The molecule has 0 aliphatic heterocycles. The highest BCUT2D eigenvalue weighted by Crippen LogP contribution is 1.75. The van der Waals surface area contributed by atoms with Crippen LogP contribution in [0, 0.1) is 0 Å². The van der Waals surface area contributed by atoms with Crippen molar-refractivity contribution in [1.29, 1.82) is 0 Å². The van der Waals surface area contributed by atoms with Crippen LogP contribution < -0.4 is 5.09 Å². The summed E-state index contributed by atoms with van der Waals surface area (Å²) in [6.45, 7) is -0.209. The van der Waals surface area contributed by atoms with Gasteiger partial charge in [-0.3, -0.25) is 9.88 Å². The summed E-state index contributed by atoms with van der Waals surface area (Å²) in [5.41, 5.74) is 0. The Morgan fingerprint density at radius 2 is 2.43 bits per heavy atom. The Kier molecular flexibility index (Phi) is 3.65. The zero-order valence-corrected chi connectivity index (χ0v) is 4.70. The summed E-state index contributed by atoms with van der Waals surface area (Å²) < 4.78 is 9.54. The van der Waals surface area contributed by atoms with Crippen LogP contribution in [-0.2, 0) is 9.36 Å². The number of nitrogens with one attached hydrogen (secondary N) is 1. The zero-order valence-electron chi connectivity index (χ0n) is 3.55. The highest BCUT2D eigenvalue weighted by Gasteiger charge is 1.88. The fraction of sp³-hybridized carbons (Fsp3) is 0.500. The minimum Gasteiger partial charge on any atom is -0.480 e. The Morgan fingerprint density at radius 3 is 2.57 bits per heavy atom. The molecule has 4 nitrogen and oxygen atoms in total. The molecule has 5 heteroatoms. The number of aliphatic carboxylic acids is 1. The monoisotopic (exact) mass is 123 g/mol. The van der Waals surface area contributed by atoms with Crippen molar-refractivity contribution in [3.05, 3.63) is 0 Å². The lowest BCUT2D eigenvalue weighted by Crippen LogP contribution is -2.12. The van der Waals surface area contributed by atoms with Crippen LogP contribution in [0.25, 0.3) is 0 Å². The Balaban J connectivity index is 2.97. The summed E-state index contributed by atoms with van der Waals surface area (Å²) in [6, 6.07) is 0. The van der Waals surface area contributed by atoms with Gasteiger partial charge in [0.15, 0.2) is 0 Å². The fourth-order valence-electron chi connectivity index (χ4n) is 0.129. The van der Waals surface area contributed by atoms with Gasteiger partial charge in [0.25, 0.3) is 0 Å². The molecule has 0 spiro atoms. The van der Waals surface area contributed by atoms with Gasteiger partial charge in [-0.1, -0.05) is 0 Å². The molecular formula is C2H6NO3P. The molecule has 0 aliphatic carbocycles. The van der Waals surface area contributed by atoms with E-state index in [-0.39, 0.29) is 6.54 Å². The fourth-order valence-corrected chi connectivity index (χ4v) is 0.387. The standard InChI is InChI=1S/C2H6NO3P/c4-2(5)1-3-7-6/h1,7H2,(H,3,6)(H,4,5). The number of rotatable bonds is 3. The summed E-state index contributed by atoms with van der Waals surface area (Å²) in [4.78, 5) is 9.57. The van der Waals surface area contributed by atoms with E-state index in [0.29, 0.717) is 0 Å². The first kappa shape index (κ1) is 6.66. The van der Waals surface area contributed by atoms with E-state index in [0.717, 1.165) is 0 Å². The van der Waals surface area contributed by atoms with Crippen molar-refractivity contribution in [3.8, 4) is 0 Å². The van der Waals surface area contributed by atoms with Crippen LogP contribution in [0.1, 0.15) is 0 Å². The minimum atomic E-state index is -1.12. The van der Waals surface area contributed by atoms with Gasteiger partial charge >= 0.3 is 5.97 Å². The Labute approximate surface area is 41.8 Å². The summed E-state index contributed by atoms with van der Waals surface area (Å²) in [5, 5.41) is 10.0. The molecule has 0 bridgehead atoms. The van der Waals surface area contributed by atoms with E-state index in [2.05, 4.69) is 5.09 Å². The Morgan fingerprint density at radius 1 is 1.86 bits per heavy atom. The van der Waals surface area contributed by atoms with Crippen LogP contribution in [-0.4, -0.2) is 17.6 Å². The second-order valence-corrected chi connectivity index (χ2v) is 1.54. The van der Waals surface area contributed by atoms with Gasteiger partial charge in [0, 0.05) is 0 Å². The van der Waals surface area contributed by atoms with Crippen molar-refractivity contribution in [1.82, 2.24) is 5.09 Å². The first-order chi connectivity index (χ1) is 3.27. The molecule has 0 aromatic carbocycles. The van der Waals surface area contributed by atoms with Crippen LogP contribution in [0.5, 0.6) is 0 Å². The van der Waals surface area contributed by atoms with E-state index < -0.39 is 14.6 Å². The van der Waals surface area contributed by atoms with Crippen molar-refractivity contribution in [3.63, 3.8) is 0 Å². The minimum absolute atomic E-state index is 0.209. The lowest BCUT2D eigenvalue weighted by Gasteiger charge is -1.84. The van der Waals surface area contributed by atoms with Crippen LogP contribution >= 0.6 is 8.61 Å². The molecule has 1 unspecified atom stereocenters. The molecule has 0 aromatic heterocycles. The Hall–Kier alpha value is -0.340. The van der Waals surface area contributed by atoms with Crippen LogP contribution in [0.2, 0.25) is 0 Å². The second-order valence-electron chi connectivity index (χ2n) is 0.892. The third-order valence-electron chi connectivity index (χ3n) is 0.337. The van der Waals surface area contributed by atoms with Gasteiger partial charge in [-0.25, -0.2) is 0 Å². The molecule has 0 radical (unpaired) electrons. The van der Waals surface area contributed by atoms with Crippen molar-refractivity contribution in [2.75, 3.05) is 6.54 Å². The molecule has 0 heterocycles. The van der Waals surface area contributed by atoms with Gasteiger partial charge in [-0.15, -0.1) is 0 Å². The van der Waals surface area contributed by atoms with Crippen molar-refractivity contribution in [2.45, 2.75) is 0 Å². The van der Waals surface area contributed by atoms with E-state index in [4.69, 9.17) is 5.11 Å². The molecule has 42 valence electrons. The van der Waals surface area contributed by atoms with Crippen molar-refractivity contribution < 1.29 is 14.5 Å². The molecule has 0 saturated heterocycles. The number of hydrogen-bond acceptors (Lipinski definition) is 2. The van der Waals surface area contributed by atoms with Gasteiger partial charge in [-0.05, 0) is 0 Å². The molecule has 2 N–H and O–H groups in total. The second kappa shape index (κ2) is 3.84. The van der Waals surface area contributed by atoms with Crippen molar-refractivity contribution in [2.24, 2.45) is 0 Å². The quantitative estimate of drug-likeness (QED) is 0.488. The highest BCUT2D eigenvalue weighted by molar-refractivity contribution is 7.21. The normalized spacial score (nSPS) is 10.3. The molecule has 0 aliphatic rings. The smallest absolute Gasteiger partial charge is 0.317 e. The Bertz CT molecular complexity index is 83.0. The van der Waals surface area contributed by atoms with Gasteiger partial charge < -0.3 is 9.67 Å². The number of carboxylic acid groups (broad SMARTS) is 1. The van der Waals surface area contributed by atoms with Gasteiger partial charge in [0.1, 0.15) is 8.61 Å². The van der Waals surface area contributed by atoms with E-state index in [1.807, 2.05) is 0 Å². The van der Waals surface area contributed by atoms with E-state index in [1.165, 1.54) is 0 Å². The van der Waals surface area contributed by atoms with E-state index in [1.54, 1.807) is 0 Å². The van der Waals surface area contributed by atoms with Gasteiger partial charge in [-0.2, -0.15) is 0 Å². The molecule has 0 rings (SSSR count). The predicted molar refractivity (Wildman–Crippen MR) is 26.0 cm³/mol. The lowest BCUT2D eigenvalue weighted by atomic mass is 10.7. The number of hydrogen-bond donors (Lipinski definition) is 2. The predicted octanol–water partition coefficient (Wildman–Crippen LogP) is -0.668. The number of carboxylic acids is 1. The molecule has 7 heavy (non-hydrogen) atoms. The van der Waals surface area contributed by atoms with E-state index >= 15 is 0 Å². The number of carbonyl (C=O) groups is 1. The summed E-state index contributed by atoms with van der Waals surface area (Å²) in [5.74, 6) is -0.983. The first-order valence-electron chi connectivity index (χ1n) is 1.66. The topological polar surface area (TPSA) is 66.4 Å². The third-order valence-corrected chi connectivity index (χ3v) is 0.707. The third kappa shape index (κ3) is 5.66. The summed E-state index contributed by atoms with van der Waals surface area (Å²) in [7, 11) is -1.12. The molecule has 0 amide bonds. The molecule has 1 atom stereocenters. The highest BCUT2D eigenvalue weighted by atomic mass is 31.1. The van der Waals surface area contributed by atoms with Gasteiger partial charge in [0.05, 0.1) is 6.54 Å². The maximum absolute atomic E-state index is 9.57. The van der Waals surface area contributed by atoms with Crippen molar-refractivity contribution >= 4 is 14.6 Å². The maximum Gasteiger partial charge on any atom is 0.317 e. The average molecular weight is 123 g/mol. The lowest BCUT2D eigenvalue weighted by molar-refractivity contribution is -0.135. The maximum atomic E-state index is 9.57. The van der Waals surface area contributed by atoms with Crippen LogP contribution in [0.4, 0.5) is 0 Å². The van der Waals surface area contributed by atoms with E-state index in [9.17, 15) is 9.36 Å². The van der Waals surface area contributed by atoms with Crippen LogP contribution in [0.3, 0.4) is 0 Å². The summed E-state index contributed by atoms with van der Waals surface area (Å²) in [6.07, 6.45) is 0. The molecular weight excluding hydrogens is 117 g/mol. The van der Waals surface area contributed by atoms with Crippen LogP contribution in [0.15, 0.2) is 0 Å². The molecule has 0 aromatic rings. The molecule has 0 saturated carbocycles. The largest absolute Gasteiger partial charge is 0.480 e. The average Bonchev–Trinajstić information content (AvgIpc) is 1.61. The van der Waals surface area contributed by atoms with Gasteiger partial charge in [0.2, 0.25) is 0 Å². The summed E-state index contributed by atoms with van der Waals surface area (Å²) >= 11 is 0. The molecule has 0 fully saturated rings.